The maximum absolute atomic E-state index is 11.8. The second kappa shape index (κ2) is 3.63. The van der Waals surface area contributed by atoms with Gasteiger partial charge in [0.25, 0.3) is 5.56 Å². The van der Waals surface area contributed by atoms with E-state index in [2.05, 4.69) is 11.1 Å². The van der Waals surface area contributed by atoms with Gasteiger partial charge in [0.05, 0.1) is 0 Å². The van der Waals surface area contributed by atoms with Crippen molar-refractivity contribution in [2.24, 2.45) is 0 Å². The molecular formula is C13H12ClNO. The molecule has 2 aromatic rings. The first-order valence-corrected chi connectivity index (χ1v) is 6.05. The number of H-pyrrole nitrogens is 1. The Morgan fingerprint density at radius 2 is 2.06 bits per heavy atom. The highest BCUT2D eigenvalue weighted by molar-refractivity contribution is 6.17. The van der Waals surface area contributed by atoms with Crippen LogP contribution in [0.2, 0.25) is 0 Å². The molecule has 0 fully saturated rings. The lowest BCUT2D eigenvalue weighted by Crippen LogP contribution is -2.12. The number of hydrogen-bond acceptors (Lipinski definition) is 1. The highest BCUT2D eigenvalue weighted by Gasteiger charge is 2.17. The zero-order valence-electron chi connectivity index (χ0n) is 8.85. The Balaban J connectivity index is 2.38. The lowest BCUT2D eigenvalue weighted by molar-refractivity contribution is 0.909. The Kier molecular flexibility index (Phi) is 2.25. The Hall–Kier alpha value is -1.28. The fourth-order valence-corrected chi connectivity index (χ4v) is 2.70. The monoisotopic (exact) mass is 233 g/mol. The van der Waals surface area contributed by atoms with Crippen molar-refractivity contribution in [3.8, 4) is 0 Å². The zero-order chi connectivity index (χ0) is 11.1. The number of fused-ring (bicyclic) bond motifs is 3. The molecule has 0 saturated heterocycles. The second-order valence-electron chi connectivity index (χ2n) is 4.28. The maximum atomic E-state index is 11.8. The minimum absolute atomic E-state index is 0.0757. The van der Waals surface area contributed by atoms with E-state index in [-0.39, 0.29) is 5.56 Å². The number of pyridine rings is 1. The van der Waals surface area contributed by atoms with Crippen molar-refractivity contribution in [2.45, 2.75) is 25.1 Å². The molecule has 0 amide bonds. The molecule has 0 radical (unpaired) electrons. The number of alkyl halides is 1. The largest absolute Gasteiger partial charge is 0.322 e. The number of aromatic amines is 1. The molecule has 1 aromatic carbocycles. The van der Waals surface area contributed by atoms with Crippen molar-refractivity contribution < 1.29 is 0 Å². The van der Waals surface area contributed by atoms with Gasteiger partial charge < -0.3 is 4.98 Å². The molecule has 82 valence electrons. The summed E-state index contributed by atoms with van der Waals surface area (Å²) in [4.78, 5) is 14.8. The van der Waals surface area contributed by atoms with Crippen molar-refractivity contribution in [3.63, 3.8) is 0 Å². The number of hydrogen-bond donors (Lipinski definition) is 1. The van der Waals surface area contributed by atoms with Gasteiger partial charge in [-0.25, -0.2) is 0 Å². The summed E-state index contributed by atoms with van der Waals surface area (Å²) < 4.78 is 0. The third-order valence-electron chi connectivity index (χ3n) is 3.30. The van der Waals surface area contributed by atoms with Crippen molar-refractivity contribution in [2.75, 3.05) is 0 Å². The minimum Gasteiger partial charge on any atom is -0.322 e. The third kappa shape index (κ3) is 1.37. The Labute approximate surface area is 98.3 Å². The van der Waals surface area contributed by atoms with Gasteiger partial charge in [0.1, 0.15) is 0 Å². The van der Waals surface area contributed by atoms with Crippen LogP contribution in [0, 0.1) is 0 Å². The molecule has 0 spiro atoms. The second-order valence-corrected chi connectivity index (χ2v) is 4.55. The first-order chi connectivity index (χ1) is 7.79. The zero-order valence-corrected chi connectivity index (χ0v) is 9.60. The van der Waals surface area contributed by atoms with E-state index in [1.807, 2.05) is 12.1 Å². The molecule has 1 heterocycles. The van der Waals surface area contributed by atoms with E-state index in [0.29, 0.717) is 5.88 Å². The summed E-state index contributed by atoms with van der Waals surface area (Å²) in [6.45, 7) is 0. The molecule has 0 aliphatic heterocycles. The molecule has 0 saturated carbocycles. The van der Waals surface area contributed by atoms with Crippen LogP contribution in [0.3, 0.4) is 0 Å². The van der Waals surface area contributed by atoms with Crippen molar-refractivity contribution in [1.29, 1.82) is 0 Å². The number of benzene rings is 1. The Morgan fingerprint density at radius 1 is 1.25 bits per heavy atom. The highest BCUT2D eigenvalue weighted by Crippen LogP contribution is 2.26. The SMILES string of the molecule is O=c1[nH]c2cc(CCl)ccc2c2c1CCC2. The van der Waals surface area contributed by atoms with Gasteiger partial charge in [-0.05, 0) is 36.5 Å². The molecule has 1 N–H and O–H groups in total. The van der Waals surface area contributed by atoms with Gasteiger partial charge in [-0.2, -0.15) is 0 Å². The van der Waals surface area contributed by atoms with E-state index < -0.39 is 0 Å². The van der Waals surface area contributed by atoms with Crippen LogP contribution in [0.1, 0.15) is 23.1 Å². The molecule has 0 bridgehead atoms. The Bertz CT molecular complexity index is 615. The van der Waals surface area contributed by atoms with E-state index >= 15 is 0 Å². The van der Waals surface area contributed by atoms with Crippen LogP contribution in [0.5, 0.6) is 0 Å². The van der Waals surface area contributed by atoms with Crippen molar-refractivity contribution in [1.82, 2.24) is 4.98 Å². The van der Waals surface area contributed by atoms with Crippen molar-refractivity contribution >= 4 is 22.5 Å². The molecule has 3 rings (SSSR count). The molecule has 1 aromatic heterocycles. The van der Waals surface area contributed by atoms with Gasteiger partial charge in [0, 0.05) is 22.3 Å². The summed E-state index contributed by atoms with van der Waals surface area (Å²) >= 11 is 5.79. The van der Waals surface area contributed by atoms with Crippen LogP contribution in [-0.4, -0.2) is 4.98 Å². The van der Waals surface area contributed by atoms with Crippen LogP contribution in [0.4, 0.5) is 0 Å². The number of aromatic nitrogens is 1. The van der Waals surface area contributed by atoms with Gasteiger partial charge >= 0.3 is 0 Å². The molecule has 2 nitrogen and oxygen atoms in total. The topological polar surface area (TPSA) is 32.9 Å². The third-order valence-corrected chi connectivity index (χ3v) is 3.61. The molecule has 1 aliphatic carbocycles. The maximum Gasteiger partial charge on any atom is 0.251 e. The van der Waals surface area contributed by atoms with Gasteiger partial charge in [-0.1, -0.05) is 12.1 Å². The highest BCUT2D eigenvalue weighted by atomic mass is 35.5. The molecular weight excluding hydrogens is 222 g/mol. The molecule has 16 heavy (non-hydrogen) atoms. The molecule has 0 atom stereocenters. The summed E-state index contributed by atoms with van der Waals surface area (Å²) in [6, 6.07) is 6.09. The summed E-state index contributed by atoms with van der Waals surface area (Å²) in [5.41, 5.74) is 4.25. The van der Waals surface area contributed by atoms with Gasteiger partial charge in [-0.3, -0.25) is 4.79 Å². The van der Waals surface area contributed by atoms with E-state index in [4.69, 9.17) is 11.6 Å². The van der Waals surface area contributed by atoms with Gasteiger partial charge in [0.2, 0.25) is 0 Å². The smallest absolute Gasteiger partial charge is 0.251 e. The fraction of sp³-hybridized carbons (Fsp3) is 0.308. The average Bonchev–Trinajstić information content (AvgIpc) is 2.78. The summed E-state index contributed by atoms with van der Waals surface area (Å²) in [5, 5.41) is 1.18. The predicted octanol–water partition coefficient (Wildman–Crippen LogP) is 2.76. The van der Waals surface area contributed by atoms with E-state index in [9.17, 15) is 4.79 Å². The minimum atomic E-state index is 0.0757. The van der Waals surface area contributed by atoms with E-state index in [1.54, 1.807) is 0 Å². The van der Waals surface area contributed by atoms with Crippen LogP contribution >= 0.6 is 11.6 Å². The van der Waals surface area contributed by atoms with Gasteiger partial charge in [-0.15, -0.1) is 11.6 Å². The summed E-state index contributed by atoms with van der Waals surface area (Å²) in [6.07, 6.45) is 3.03. The summed E-state index contributed by atoms with van der Waals surface area (Å²) in [7, 11) is 0. The number of aryl methyl sites for hydroxylation is 1. The fourth-order valence-electron chi connectivity index (χ4n) is 2.53. The normalized spacial score (nSPS) is 14.3. The van der Waals surface area contributed by atoms with Crippen LogP contribution in [0.25, 0.3) is 10.9 Å². The lowest BCUT2D eigenvalue weighted by atomic mass is 10.0. The Morgan fingerprint density at radius 3 is 2.88 bits per heavy atom. The molecule has 0 unspecified atom stereocenters. The predicted molar refractivity (Wildman–Crippen MR) is 66.2 cm³/mol. The number of nitrogens with one attached hydrogen (secondary N) is 1. The number of rotatable bonds is 1. The van der Waals surface area contributed by atoms with Crippen LogP contribution in [0.15, 0.2) is 23.0 Å². The van der Waals surface area contributed by atoms with Crippen LogP contribution in [-0.2, 0) is 18.7 Å². The van der Waals surface area contributed by atoms with E-state index in [1.165, 1.54) is 10.9 Å². The summed E-state index contributed by atoms with van der Waals surface area (Å²) in [5.74, 6) is 0.481. The number of halogens is 1. The average molecular weight is 234 g/mol. The first-order valence-electron chi connectivity index (χ1n) is 5.52. The van der Waals surface area contributed by atoms with E-state index in [0.717, 1.165) is 35.9 Å². The lowest BCUT2D eigenvalue weighted by Gasteiger charge is -2.06. The molecule has 1 aliphatic rings. The quantitative estimate of drug-likeness (QED) is 0.755. The van der Waals surface area contributed by atoms with Gasteiger partial charge in [0.15, 0.2) is 0 Å². The molecule has 3 heteroatoms. The van der Waals surface area contributed by atoms with Crippen LogP contribution < -0.4 is 5.56 Å². The first kappa shape index (κ1) is 9.91. The standard InChI is InChI=1S/C13H12ClNO/c14-7-8-4-5-10-9-2-1-3-11(9)13(16)15-12(10)6-8/h4-6H,1-3,7H2,(H,15,16). The van der Waals surface area contributed by atoms with Crippen molar-refractivity contribution in [3.05, 3.63) is 45.2 Å².